The predicted molar refractivity (Wildman–Crippen MR) is 46.4 cm³/mol. The van der Waals surface area contributed by atoms with Crippen LogP contribution < -0.4 is 11.1 Å². The number of hydrogen-bond acceptors (Lipinski definition) is 2. The summed E-state index contributed by atoms with van der Waals surface area (Å²) in [4.78, 5) is 0. The fraction of sp³-hybridized carbons (Fsp3) is 1.00. The third kappa shape index (κ3) is 4.47. The highest BCUT2D eigenvalue weighted by Gasteiger charge is 2.33. The van der Waals surface area contributed by atoms with Crippen molar-refractivity contribution in [2.45, 2.75) is 32.5 Å². The maximum atomic E-state index is 11.9. The molecule has 3 N–H and O–H groups in total. The van der Waals surface area contributed by atoms with E-state index in [1.165, 1.54) is 0 Å². The second kappa shape index (κ2) is 4.28. The smallest absolute Gasteiger partial charge is 0.329 e. The Hall–Kier alpha value is -0.290. The number of halogens is 3. The highest BCUT2D eigenvalue weighted by atomic mass is 19.4. The van der Waals surface area contributed by atoms with E-state index < -0.39 is 18.3 Å². The van der Waals surface area contributed by atoms with E-state index >= 15 is 0 Å². The first-order valence-corrected chi connectivity index (χ1v) is 4.23. The Morgan fingerprint density at radius 1 is 1.31 bits per heavy atom. The minimum absolute atomic E-state index is 0.0693. The van der Waals surface area contributed by atoms with Crippen LogP contribution in [0.4, 0.5) is 13.2 Å². The normalized spacial score (nSPS) is 17.5. The Kier molecular flexibility index (Phi) is 4.19. The minimum atomic E-state index is -4.18. The fourth-order valence-electron chi connectivity index (χ4n) is 0.814. The molecule has 0 aromatic heterocycles. The van der Waals surface area contributed by atoms with Crippen LogP contribution in [0, 0.1) is 5.92 Å². The molecule has 0 saturated heterocycles. The van der Waals surface area contributed by atoms with E-state index in [0.29, 0.717) is 0 Å². The van der Waals surface area contributed by atoms with Gasteiger partial charge in [-0.05, 0) is 12.8 Å². The van der Waals surface area contributed by atoms with Gasteiger partial charge >= 0.3 is 6.18 Å². The molecule has 1 atom stereocenters. The second-order valence-electron chi connectivity index (χ2n) is 3.75. The average Bonchev–Trinajstić information content (AvgIpc) is 1.98. The summed E-state index contributed by atoms with van der Waals surface area (Å²) in [5, 5.41) is 2.44. The first-order valence-electron chi connectivity index (χ1n) is 4.23. The Morgan fingerprint density at radius 2 is 1.77 bits per heavy atom. The zero-order chi connectivity index (χ0) is 10.7. The van der Waals surface area contributed by atoms with Gasteiger partial charge in [-0.3, -0.25) is 0 Å². The van der Waals surface area contributed by atoms with Crippen LogP contribution in [0.25, 0.3) is 0 Å². The number of rotatable bonds is 4. The van der Waals surface area contributed by atoms with Crippen molar-refractivity contribution in [2.24, 2.45) is 11.7 Å². The van der Waals surface area contributed by atoms with Crippen LogP contribution in [0.2, 0.25) is 0 Å². The molecular weight excluding hydrogens is 181 g/mol. The molecule has 1 unspecified atom stereocenters. The first-order chi connectivity index (χ1) is 5.71. The molecule has 0 rings (SSSR count). The zero-order valence-electron chi connectivity index (χ0n) is 8.20. The van der Waals surface area contributed by atoms with Crippen LogP contribution in [0.5, 0.6) is 0 Å². The SMILES string of the molecule is CC(C)C(C)(CN)NCC(F)(F)F. The zero-order valence-corrected chi connectivity index (χ0v) is 8.20. The molecule has 0 radical (unpaired) electrons. The van der Waals surface area contributed by atoms with E-state index in [0.717, 1.165) is 0 Å². The molecule has 5 heteroatoms. The van der Waals surface area contributed by atoms with Crippen molar-refractivity contribution >= 4 is 0 Å². The number of hydrogen-bond donors (Lipinski definition) is 2. The Bertz CT molecular complexity index is 156. The Morgan fingerprint density at radius 3 is 2.00 bits per heavy atom. The third-order valence-electron chi connectivity index (χ3n) is 2.39. The van der Waals surface area contributed by atoms with Gasteiger partial charge in [0.05, 0.1) is 6.54 Å². The Balaban J connectivity index is 4.14. The lowest BCUT2D eigenvalue weighted by atomic mass is 9.88. The maximum absolute atomic E-state index is 11.9. The van der Waals surface area contributed by atoms with Crippen molar-refractivity contribution < 1.29 is 13.2 Å². The molecule has 0 aromatic rings. The van der Waals surface area contributed by atoms with E-state index in [4.69, 9.17) is 5.73 Å². The van der Waals surface area contributed by atoms with E-state index in [-0.39, 0.29) is 12.5 Å². The summed E-state index contributed by atoms with van der Waals surface area (Å²) in [5.41, 5.74) is 4.76. The van der Waals surface area contributed by atoms with Crippen LogP contribution in [0.3, 0.4) is 0 Å². The monoisotopic (exact) mass is 198 g/mol. The highest BCUT2D eigenvalue weighted by molar-refractivity contribution is 4.87. The highest BCUT2D eigenvalue weighted by Crippen LogP contribution is 2.18. The molecule has 2 nitrogen and oxygen atoms in total. The van der Waals surface area contributed by atoms with Gasteiger partial charge in [0.2, 0.25) is 0 Å². The van der Waals surface area contributed by atoms with E-state index in [1.54, 1.807) is 6.92 Å². The lowest BCUT2D eigenvalue weighted by Crippen LogP contribution is -2.55. The molecule has 0 aliphatic rings. The van der Waals surface area contributed by atoms with Gasteiger partial charge in [0.15, 0.2) is 0 Å². The van der Waals surface area contributed by atoms with E-state index in [1.807, 2.05) is 13.8 Å². The summed E-state index contributed by atoms with van der Waals surface area (Å²) in [7, 11) is 0. The lowest BCUT2D eigenvalue weighted by Gasteiger charge is -2.34. The van der Waals surface area contributed by atoms with Crippen molar-refractivity contribution in [2.75, 3.05) is 13.1 Å². The van der Waals surface area contributed by atoms with Crippen LogP contribution in [0.1, 0.15) is 20.8 Å². The molecule has 0 aliphatic heterocycles. The van der Waals surface area contributed by atoms with Crippen molar-refractivity contribution in [3.63, 3.8) is 0 Å². The molecule has 0 aromatic carbocycles. The fourth-order valence-corrected chi connectivity index (χ4v) is 0.814. The molecule has 0 aliphatic carbocycles. The van der Waals surface area contributed by atoms with Gasteiger partial charge < -0.3 is 11.1 Å². The molecular formula is C8H17F3N2. The molecule has 80 valence electrons. The quantitative estimate of drug-likeness (QED) is 0.718. The van der Waals surface area contributed by atoms with Crippen LogP contribution in [-0.2, 0) is 0 Å². The van der Waals surface area contributed by atoms with Crippen LogP contribution in [0.15, 0.2) is 0 Å². The predicted octanol–water partition coefficient (Wildman–Crippen LogP) is 1.51. The molecule has 0 saturated carbocycles. The van der Waals surface area contributed by atoms with Crippen molar-refractivity contribution in [3.05, 3.63) is 0 Å². The largest absolute Gasteiger partial charge is 0.401 e. The van der Waals surface area contributed by atoms with E-state index in [9.17, 15) is 13.2 Å². The van der Waals surface area contributed by atoms with Gasteiger partial charge in [-0.1, -0.05) is 13.8 Å². The minimum Gasteiger partial charge on any atom is -0.329 e. The van der Waals surface area contributed by atoms with Crippen molar-refractivity contribution in [3.8, 4) is 0 Å². The topological polar surface area (TPSA) is 38.0 Å². The van der Waals surface area contributed by atoms with E-state index in [2.05, 4.69) is 5.32 Å². The van der Waals surface area contributed by atoms with Gasteiger partial charge in [0.25, 0.3) is 0 Å². The molecule has 13 heavy (non-hydrogen) atoms. The van der Waals surface area contributed by atoms with Gasteiger partial charge in [-0.2, -0.15) is 13.2 Å². The second-order valence-corrected chi connectivity index (χ2v) is 3.75. The molecule has 0 amide bonds. The molecule has 0 heterocycles. The summed E-state index contributed by atoms with van der Waals surface area (Å²) in [6.45, 7) is 4.59. The standard InChI is InChI=1S/C8H17F3N2/c1-6(2)7(3,4-12)13-5-8(9,10)11/h6,13H,4-5,12H2,1-3H3. The van der Waals surface area contributed by atoms with Gasteiger partial charge in [-0.25, -0.2) is 0 Å². The van der Waals surface area contributed by atoms with Crippen LogP contribution >= 0.6 is 0 Å². The van der Waals surface area contributed by atoms with Gasteiger partial charge in [-0.15, -0.1) is 0 Å². The Labute approximate surface area is 76.7 Å². The molecule has 0 bridgehead atoms. The number of alkyl halides is 3. The van der Waals surface area contributed by atoms with Crippen molar-refractivity contribution in [1.29, 1.82) is 0 Å². The van der Waals surface area contributed by atoms with Gasteiger partial charge in [0.1, 0.15) is 0 Å². The maximum Gasteiger partial charge on any atom is 0.401 e. The molecule has 0 spiro atoms. The summed E-state index contributed by atoms with van der Waals surface area (Å²) in [6.07, 6.45) is -4.18. The average molecular weight is 198 g/mol. The summed E-state index contributed by atoms with van der Waals surface area (Å²) in [6, 6.07) is 0. The number of nitrogens with one attached hydrogen (secondary N) is 1. The number of nitrogens with two attached hydrogens (primary N) is 1. The van der Waals surface area contributed by atoms with Gasteiger partial charge in [0, 0.05) is 12.1 Å². The first kappa shape index (κ1) is 12.7. The summed E-state index contributed by atoms with van der Waals surface area (Å²) < 4.78 is 35.6. The molecule has 0 fully saturated rings. The lowest BCUT2D eigenvalue weighted by molar-refractivity contribution is -0.129. The third-order valence-corrected chi connectivity index (χ3v) is 2.39. The summed E-state index contributed by atoms with van der Waals surface area (Å²) in [5.74, 6) is 0.0693. The summed E-state index contributed by atoms with van der Waals surface area (Å²) >= 11 is 0. The van der Waals surface area contributed by atoms with Crippen molar-refractivity contribution in [1.82, 2.24) is 5.32 Å². The van der Waals surface area contributed by atoms with Crippen LogP contribution in [-0.4, -0.2) is 24.8 Å².